The quantitative estimate of drug-likeness (QED) is 0.640. The molecule has 0 amide bonds. The topological polar surface area (TPSA) is 93.0 Å². The molecule has 1 aromatic heterocycles. The predicted molar refractivity (Wildman–Crippen MR) is 82.6 cm³/mol. The second-order valence-corrected chi connectivity index (χ2v) is 6.64. The monoisotopic (exact) mass is 293 g/mol. The van der Waals surface area contributed by atoms with Crippen LogP contribution in [-0.4, -0.2) is 27.5 Å². The number of anilines is 2. The molecule has 7 nitrogen and oxygen atoms in total. The first-order valence-corrected chi connectivity index (χ1v) is 7.16. The summed E-state index contributed by atoms with van der Waals surface area (Å²) in [7, 11) is 0. The Labute approximate surface area is 124 Å². The van der Waals surface area contributed by atoms with Gasteiger partial charge in [0.1, 0.15) is 5.69 Å². The summed E-state index contributed by atoms with van der Waals surface area (Å²) in [6, 6.07) is 0.146. The summed E-state index contributed by atoms with van der Waals surface area (Å²) in [5.41, 5.74) is 0.454. The molecule has 0 unspecified atom stereocenters. The van der Waals surface area contributed by atoms with Crippen LogP contribution < -0.4 is 10.6 Å². The first kappa shape index (κ1) is 15.5. The van der Waals surface area contributed by atoms with Gasteiger partial charge in [-0.3, -0.25) is 10.1 Å². The van der Waals surface area contributed by atoms with Gasteiger partial charge < -0.3 is 10.6 Å². The summed E-state index contributed by atoms with van der Waals surface area (Å²) >= 11 is 0. The molecule has 21 heavy (non-hydrogen) atoms. The third kappa shape index (κ3) is 2.41. The molecular formula is C14H23N5O2. The Balaban J connectivity index is 2.39. The maximum Gasteiger partial charge on any atom is 0.332 e. The van der Waals surface area contributed by atoms with E-state index in [2.05, 4.69) is 48.3 Å². The van der Waals surface area contributed by atoms with E-state index in [1.54, 1.807) is 6.92 Å². The minimum absolute atomic E-state index is 0.0462. The zero-order valence-corrected chi connectivity index (χ0v) is 13.4. The van der Waals surface area contributed by atoms with E-state index in [0.717, 1.165) is 0 Å². The highest BCUT2D eigenvalue weighted by molar-refractivity contribution is 5.62. The van der Waals surface area contributed by atoms with E-state index in [9.17, 15) is 10.1 Å². The van der Waals surface area contributed by atoms with Crippen molar-refractivity contribution in [3.63, 3.8) is 0 Å². The summed E-state index contributed by atoms with van der Waals surface area (Å²) in [6.45, 7) is 12.8. The Bertz CT molecular complexity index is 569. The lowest BCUT2D eigenvalue weighted by Gasteiger charge is -2.11. The molecule has 0 spiro atoms. The first-order valence-electron chi connectivity index (χ1n) is 7.16. The number of hydrogen-bond donors (Lipinski definition) is 2. The zero-order valence-electron chi connectivity index (χ0n) is 13.4. The molecule has 0 atom stereocenters. The van der Waals surface area contributed by atoms with Crippen molar-refractivity contribution in [2.45, 2.75) is 47.6 Å². The lowest BCUT2D eigenvalue weighted by atomic mass is 10.0. The van der Waals surface area contributed by atoms with Gasteiger partial charge in [0.15, 0.2) is 0 Å². The summed E-state index contributed by atoms with van der Waals surface area (Å²) in [5.74, 6) is 0.714. The van der Waals surface area contributed by atoms with Crippen LogP contribution in [-0.2, 0) is 0 Å². The van der Waals surface area contributed by atoms with Crippen molar-refractivity contribution in [1.29, 1.82) is 0 Å². The molecule has 1 aliphatic carbocycles. The number of nitrogens with one attached hydrogen (secondary N) is 2. The van der Waals surface area contributed by atoms with Crippen molar-refractivity contribution >= 4 is 17.5 Å². The fourth-order valence-electron chi connectivity index (χ4n) is 2.82. The fraction of sp³-hybridized carbons (Fsp3) is 0.714. The van der Waals surface area contributed by atoms with Crippen LogP contribution in [0.5, 0.6) is 0 Å². The maximum atomic E-state index is 11.3. The van der Waals surface area contributed by atoms with Gasteiger partial charge in [0.2, 0.25) is 11.8 Å². The molecule has 7 heteroatoms. The van der Waals surface area contributed by atoms with Crippen LogP contribution in [0, 0.1) is 27.9 Å². The van der Waals surface area contributed by atoms with E-state index in [1.807, 2.05) is 6.92 Å². The first-order chi connectivity index (χ1) is 9.62. The summed E-state index contributed by atoms with van der Waals surface area (Å²) in [6.07, 6.45) is 0. The van der Waals surface area contributed by atoms with Crippen molar-refractivity contribution in [2.24, 2.45) is 10.8 Å². The normalized spacial score (nSPS) is 19.1. The largest absolute Gasteiger partial charge is 0.360 e. The Morgan fingerprint density at radius 1 is 1.24 bits per heavy atom. The molecule has 0 radical (unpaired) electrons. The molecule has 0 saturated heterocycles. The minimum atomic E-state index is -0.421. The lowest BCUT2D eigenvalue weighted by molar-refractivity contribution is -0.385. The fourth-order valence-corrected chi connectivity index (χ4v) is 2.82. The maximum absolute atomic E-state index is 11.3. The van der Waals surface area contributed by atoms with Gasteiger partial charge in [-0.25, -0.2) is 4.98 Å². The Morgan fingerprint density at radius 3 is 2.24 bits per heavy atom. The molecule has 1 fully saturated rings. The van der Waals surface area contributed by atoms with E-state index in [0.29, 0.717) is 24.0 Å². The number of hydrogen-bond acceptors (Lipinski definition) is 6. The molecule has 0 aliphatic heterocycles. The van der Waals surface area contributed by atoms with Crippen LogP contribution in [0.4, 0.5) is 17.5 Å². The van der Waals surface area contributed by atoms with E-state index in [-0.39, 0.29) is 22.6 Å². The van der Waals surface area contributed by atoms with Crippen LogP contribution >= 0.6 is 0 Å². The average Bonchev–Trinajstić information content (AvgIpc) is 2.71. The molecule has 1 heterocycles. The molecular weight excluding hydrogens is 270 g/mol. The van der Waals surface area contributed by atoms with Crippen molar-refractivity contribution < 1.29 is 4.92 Å². The highest BCUT2D eigenvalue weighted by Crippen LogP contribution is 2.63. The van der Waals surface area contributed by atoms with Gasteiger partial charge in [-0.05, 0) is 24.7 Å². The van der Waals surface area contributed by atoms with Crippen molar-refractivity contribution in [3.05, 3.63) is 15.8 Å². The summed E-state index contributed by atoms with van der Waals surface area (Å²) < 4.78 is 0. The van der Waals surface area contributed by atoms with Gasteiger partial charge in [-0.2, -0.15) is 4.98 Å². The molecule has 1 saturated carbocycles. The smallest absolute Gasteiger partial charge is 0.332 e. The van der Waals surface area contributed by atoms with Gasteiger partial charge in [0.25, 0.3) is 0 Å². The zero-order chi connectivity index (χ0) is 16.0. The number of nitrogens with zero attached hydrogens (tertiary/aromatic N) is 3. The highest BCUT2D eigenvalue weighted by Gasteiger charge is 2.65. The van der Waals surface area contributed by atoms with Crippen molar-refractivity contribution in [3.8, 4) is 0 Å². The SMILES string of the molecule is CCNc1nc(C)c([N+](=O)[O-])c(NC2C(C)(C)C2(C)C)n1. The molecule has 1 aromatic rings. The van der Waals surface area contributed by atoms with Gasteiger partial charge in [0.05, 0.1) is 4.92 Å². The van der Waals surface area contributed by atoms with E-state index in [4.69, 9.17) is 0 Å². The van der Waals surface area contributed by atoms with Crippen molar-refractivity contribution in [2.75, 3.05) is 17.2 Å². The highest BCUT2D eigenvalue weighted by atomic mass is 16.6. The van der Waals surface area contributed by atoms with Crippen LogP contribution in [0.2, 0.25) is 0 Å². The molecule has 2 rings (SSSR count). The summed E-state index contributed by atoms with van der Waals surface area (Å²) in [5, 5.41) is 17.6. The number of rotatable bonds is 5. The second-order valence-electron chi connectivity index (χ2n) is 6.64. The molecule has 1 aliphatic rings. The van der Waals surface area contributed by atoms with E-state index in [1.165, 1.54) is 0 Å². The second kappa shape index (κ2) is 4.82. The van der Waals surface area contributed by atoms with Gasteiger partial charge >= 0.3 is 5.69 Å². The van der Waals surface area contributed by atoms with Crippen LogP contribution in [0.25, 0.3) is 0 Å². The predicted octanol–water partition coefficient (Wildman–Crippen LogP) is 2.97. The van der Waals surface area contributed by atoms with E-state index < -0.39 is 4.92 Å². The van der Waals surface area contributed by atoms with Crippen LogP contribution in [0.3, 0.4) is 0 Å². The molecule has 2 N–H and O–H groups in total. The minimum Gasteiger partial charge on any atom is -0.360 e. The third-order valence-corrected chi connectivity index (χ3v) is 4.88. The number of aryl methyl sites for hydroxylation is 1. The molecule has 0 bridgehead atoms. The lowest BCUT2D eigenvalue weighted by Crippen LogP contribution is -2.15. The van der Waals surface area contributed by atoms with Gasteiger partial charge in [0, 0.05) is 12.6 Å². The van der Waals surface area contributed by atoms with Crippen LogP contribution in [0.1, 0.15) is 40.3 Å². The number of nitro groups is 1. The molecule has 116 valence electrons. The Morgan fingerprint density at radius 2 is 1.81 bits per heavy atom. The Hall–Kier alpha value is -1.92. The standard InChI is InChI=1S/C14H23N5O2/c1-7-15-12-16-8(2)9(19(20)21)10(18-12)17-11-13(3,4)14(11,5)6/h11H,7H2,1-6H3,(H2,15,16,17,18). The van der Waals surface area contributed by atoms with Gasteiger partial charge in [-0.1, -0.05) is 27.7 Å². The van der Waals surface area contributed by atoms with Crippen molar-refractivity contribution in [1.82, 2.24) is 9.97 Å². The Kier molecular flexibility index (Phi) is 3.55. The van der Waals surface area contributed by atoms with Gasteiger partial charge in [-0.15, -0.1) is 0 Å². The van der Waals surface area contributed by atoms with E-state index >= 15 is 0 Å². The van der Waals surface area contributed by atoms with Crippen LogP contribution in [0.15, 0.2) is 0 Å². The number of aromatic nitrogens is 2. The average molecular weight is 293 g/mol. The third-order valence-electron chi connectivity index (χ3n) is 4.88. The summed E-state index contributed by atoms with van der Waals surface area (Å²) in [4.78, 5) is 19.3. The molecule has 0 aromatic carbocycles.